The minimum atomic E-state index is -5.41. The number of esters is 1. The third-order valence-electron chi connectivity index (χ3n) is 4.39. The van der Waals surface area contributed by atoms with E-state index in [2.05, 4.69) is 15.2 Å². The number of allylic oxidation sites excluding steroid dienone is 1. The van der Waals surface area contributed by atoms with Gasteiger partial charge in [-0.3, -0.25) is 9.52 Å². The standard InChI is InChI=1S/C19H21Cl2F3N6O6S/c1-10-2-5-14(29-37(33,34)11-3-4-12(20)13(21)8-11)16(36-17(32)19(22,23)24)30(10)9-15(31)27-6-7-35-28-18(25)26/h2-5,8,10,29H,6-7,9H2,1H3,(H,27,31)(H4,25,26,28). The lowest BCUT2D eigenvalue weighted by atomic mass is 10.1. The van der Waals surface area contributed by atoms with Crippen molar-refractivity contribution < 1.29 is 40.8 Å². The van der Waals surface area contributed by atoms with E-state index in [1.54, 1.807) is 0 Å². The number of sulfonamides is 1. The Kier molecular flexibility index (Phi) is 9.88. The maximum atomic E-state index is 13.0. The van der Waals surface area contributed by atoms with Crippen LogP contribution in [0, 0.1) is 0 Å². The van der Waals surface area contributed by atoms with Crippen LogP contribution in [0.25, 0.3) is 0 Å². The van der Waals surface area contributed by atoms with Crippen LogP contribution in [0.3, 0.4) is 0 Å². The SMILES string of the molecule is CC1C=CC(NS(=O)(=O)c2ccc(Cl)c(Cl)c2)=C(OC(=O)C(F)(F)F)N1CC(=O)NCCON=C(N)N. The van der Waals surface area contributed by atoms with Crippen LogP contribution in [0.1, 0.15) is 6.92 Å². The maximum Gasteiger partial charge on any atom is 0.491 e. The summed E-state index contributed by atoms with van der Waals surface area (Å²) in [6.45, 7) is 0.606. The summed E-state index contributed by atoms with van der Waals surface area (Å²) in [7, 11) is -4.45. The Labute approximate surface area is 219 Å². The summed E-state index contributed by atoms with van der Waals surface area (Å²) >= 11 is 11.7. The molecule has 1 unspecified atom stereocenters. The molecule has 0 aromatic heterocycles. The van der Waals surface area contributed by atoms with Crippen LogP contribution in [0.5, 0.6) is 0 Å². The Hall–Kier alpha value is -3.37. The first-order chi connectivity index (χ1) is 17.1. The first-order valence-electron chi connectivity index (χ1n) is 10.1. The minimum Gasteiger partial charge on any atom is -0.401 e. The van der Waals surface area contributed by atoms with Gasteiger partial charge in [0.05, 0.1) is 21.5 Å². The molecule has 0 saturated carbocycles. The van der Waals surface area contributed by atoms with E-state index >= 15 is 0 Å². The molecule has 2 rings (SSSR count). The maximum absolute atomic E-state index is 13.0. The largest absolute Gasteiger partial charge is 0.491 e. The number of benzene rings is 1. The van der Waals surface area contributed by atoms with Crippen molar-refractivity contribution in [3.05, 3.63) is 52.0 Å². The van der Waals surface area contributed by atoms with E-state index in [4.69, 9.17) is 39.5 Å². The summed E-state index contributed by atoms with van der Waals surface area (Å²) in [6, 6.07) is 2.52. The number of rotatable bonds is 10. The van der Waals surface area contributed by atoms with E-state index in [1.807, 2.05) is 4.72 Å². The zero-order chi connectivity index (χ0) is 28.0. The van der Waals surface area contributed by atoms with E-state index < -0.39 is 52.2 Å². The van der Waals surface area contributed by atoms with E-state index in [-0.39, 0.29) is 34.1 Å². The van der Waals surface area contributed by atoms with Gasteiger partial charge in [-0.05, 0) is 36.4 Å². The van der Waals surface area contributed by atoms with Gasteiger partial charge in [0.15, 0.2) is 0 Å². The lowest BCUT2D eigenvalue weighted by Crippen LogP contribution is -2.46. The monoisotopic (exact) mass is 588 g/mol. The molecule has 1 heterocycles. The van der Waals surface area contributed by atoms with Gasteiger partial charge in [-0.15, -0.1) is 0 Å². The molecule has 18 heteroatoms. The Morgan fingerprint density at radius 2 is 1.89 bits per heavy atom. The van der Waals surface area contributed by atoms with Gasteiger partial charge in [0.25, 0.3) is 10.0 Å². The number of carbonyl (C=O) groups is 2. The zero-order valence-electron chi connectivity index (χ0n) is 18.9. The van der Waals surface area contributed by atoms with Crippen LogP contribution in [0.15, 0.2) is 52.0 Å². The average Bonchev–Trinajstić information content (AvgIpc) is 2.78. The normalized spacial score (nSPS) is 15.7. The smallest absolute Gasteiger partial charge is 0.401 e. The molecule has 1 amide bonds. The summed E-state index contributed by atoms with van der Waals surface area (Å²) < 4.78 is 71.2. The molecule has 1 aromatic rings. The molecular formula is C19H21Cl2F3N6O6S. The zero-order valence-corrected chi connectivity index (χ0v) is 21.2. The molecule has 0 bridgehead atoms. The van der Waals surface area contributed by atoms with Crippen LogP contribution >= 0.6 is 23.2 Å². The van der Waals surface area contributed by atoms with Crippen LogP contribution in [0.2, 0.25) is 10.0 Å². The van der Waals surface area contributed by atoms with Crippen molar-refractivity contribution in [3.8, 4) is 0 Å². The quantitative estimate of drug-likeness (QED) is 0.102. The number of nitrogens with two attached hydrogens (primary N) is 2. The summed E-state index contributed by atoms with van der Waals surface area (Å²) in [6.07, 6.45) is -2.95. The number of alkyl halides is 3. The highest BCUT2D eigenvalue weighted by Crippen LogP contribution is 2.28. The van der Waals surface area contributed by atoms with Gasteiger partial charge in [0.2, 0.25) is 17.7 Å². The number of hydrogen-bond donors (Lipinski definition) is 4. The molecule has 0 radical (unpaired) electrons. The topological polar surface area (TPSA) is 178 Å². The average molecular weight is 589 g/mol. The van der Waals surface area contributed by atoms with Crippen molar-refractivity contribution in [2.24, 2.45) is 16.6 Å². The van der Waals surface area contributed by atoms with Gasteiger partial charge in [-0.2, -0.15) is 13.2 Å². The molecule has 0 saturated heterocycles. The van der Waals surface area contributed by atoms with Gasteiger partial charge >= 0.3 is 12.1 Å². The number of nitrogens with one attached hydrogen (secondary N) is 2. The van der Waals surface area contributed by atoms with Gasteiger partial charge in [-0.1, -0.05) is 29.3 Å². The summed E-state index contributed by atoms with van der Waals surface area (Å²) in [5, 5.41) is 5.60. The fourth-order valence-corrected chi connectivity index (χ4v) is 4.16. The predicted octanol–water partition coefficient (Wildman–Crippen LogP) is 1.13. The van der Waals surface area contributed by atoms with Gasteiger partial charge in [-0.25, -0.2) is 13.2 Å². The lowest BCUT2D eigenvalue weighted by Gasteiger charge is -2.34. The second kappa shape index (κ2) is 12.2. The molecule has 0 spiro atoms. The Morgan fingerprint density at radius 1 is 1.22 bits per heavy atom. The molecule has 1 aromatic carbocycles. The summed E-state index contributed by atoms with van der Waals surface area (Å²) in [5.41, 5.74) is 9.61. The van der Waals surface area contributed by atoms with Gasteiger partial charge in [0.1, 0.15) is 18.8 Å². The van der Waals surface area contributed by atoms with Crippen molar-refractivity contribution in [3.63, 3.8) is 0 Å². The van der Waals surface area contributed by atoms with Crippen molar-refractivity contribution in [2.45, 2.75) is 24.0 Å². The number of halogens is 5. The van der Waals surface area contributed by atoms with Gasteiger partial charge < -0.3 is 31.3 Å². The van der Waals surface area contributed by atoms with Crippen molar-refractivity contribution in [1.29, 1.82) is 0 Å². The molecular weight excluding hydrogens is 568 g/mol. The van der Waals surface area contributed by atoms with E-state index in [0.717, 1.165) is 23.1 Å². The molecule has 1 atom stereocenters. The molecule has 6 N–H and O–H groups in total. The van der Waals surface area contributed by atoms with Crippen molar-refractivity contribution in [1.82, 2.24) is 14.9 Å². The number of nitrogens with zero attached hydrogens (tertiary/aromatic N) is 2. The number of hydrogen-bond acceptors (Lipinski definition) is 8. The summed E-state index contributed by atoms with van der Waals surface area (Å²) in [4.78, 5) is 29.3. The fourth-order valence-electron chi connectivity index (χ4n) is 2.72. The Balaban J connectivity index is 2.35. The molecule has 0 fully saturated rings. The van der Waals surface area contributed by atoms with Crippen LogP contribution in [-0.2, 0) is 29.2 Å². The predicted molar refractivity (Wildman–Crippen MR) is 126 cm³/mol. The first kappa shape index (κ1) is 29.9. The molecule has 0 aliphatic carbocycles. The molecule has 37 heavy (non-hydrogen) atoms. The van der Waals surface area contributed by atoms with E-state index in [1.165, 1.54) is 19.1 Å². The highest BCUT2D eigenvalue weighted by molar-refractivity contribution is 7.89. The Bertz CT molecular complexity index is 1240. The molecule has 204 valence electrons. The van der Waals surface area contributed by atoms with Gasteiger partial charge in [0, 0.05) is 6.04 Å². The number of ether oxygens (including phenoxy) is 1. The molecule has 1 aliphatic heterocycles. The number of guanidine groups is 1. The van der Waals surface area contributed by atoms with Crippen molar-refractivity contribution >= 4 is 51.1 Å². The number of carbonyl (C=O) groups excluding carboxylic acids is 2. The highest BCUT2D eigenvalue weighted by atomic mass is 35.5. The second-order valence-corrected chi connectivity index (χ2v) is 9.71. The molecule has 1 aliphatic rings. The van der Waals surface area contributed by atoms with Crippen LogP contribution < -0.4 is 21.5 Å². The van der Waals surface area contributed by atoms with Crippen molar-refractivity contribution in [2.75, 3.05) is 19.7 Å². The Morgan fingerprint density at radius 3 is 2.49 bits per heavy atom. The number of amides is 1. The van der Waals surface area contributed by atoms with Crippen LogP contribution in [0.4, 0.5) is 13.2 Å². The third kappa shape index (κ3) is 8.61. The molecule has 12 nitrogen and oxygen atoms in total. The van der Waals surface area contributed by atoms with E-state index in [9.17, 15) is 31.2 Å². The fraction of sp³-hybridized carbons (Fsp3) is 0.316. The summed E-state index contributed by atoms with van der Waals surface area (Å²) in [5.74, 6) is -4.57. The van der Waals surface area contributed by atoms with Crippen LogP contribution in [-0.4, -0.2) is 63.1 Å². The number of oxime groups is 1. The lowest BCUT2D eigenvalue weighted by molar-refractivity contribution is -0.198. The minimum absolute atomic E-state index is 0.0619. The first-order valence-corrected chi connectivity index (χ1v) is 12.3. The van der Waals surface area contributed by atoms with E-state index in [0.29, 0.717) is 0 Å². The second-order valence-electron chi connectivity index (χ2n) is 7.21. The highest BCUT2D eigenvalue weighted by Gasteiger charge is 2.43. The third-order valence-corrected chi connectivity index (χ3v) is 6.49.